The number of hydrogen-bond acceptors (Lipinski definition) is 10. The molecule has 60 heavy (non-hydrogen) atoms. The van der Waals surface area contributed by atoms with E-state index in [1.807, 2.05) is 72.8 Å². The molecule has 0 spiro atoms. The van der Waals surface area contributed by atoms with Crippen LogP contribution in [0.3, 0.4) is 0 Å². The van der Waals surface area contributed by atoms with Gasteiger partial charge in [-0.3, -0.25) is 9.63 Å². The van der Waals surface area contributed by atoms with Gasteiger partial charge in [-0.1, -0.05) is 124 Å². The first-order valence-electron chi connectivity index (χ1n) is 20.5. The molecule has 0 bridgehead atoms. The number of furan rings is 1. The first-order chi connectivity index (χ1) is 29.0. The largest absolute Gasteiger partial charge is 0.497 e. The summed E-state index contributed by atoms with van der Waals surface area (Å²) in [5.74, 6) is 0.848. The van der Waals surface area contributed by atoms with E-state index < -0.39 is 37.8 Å². The number of esters is 2. The molecule has 1 fully saturated rings. The number of carbonyl (C=O) groups excluding carboxylic acids is 2. The first kappa shape index (κ1) is 42.8. The van der Waals surface area contributed by atoms with Crippen molar-refractivity contribution in [2.45, 2.75) is 70.4 Å². The second-order valence-electron chi connectivity index (χ2n) is 16.4. The molecule has 0 N–H and O–H groups in total. The maximum atomic E-state index is 14.4. The topological polar surface area (TPSA) is 106 Å². The molecule has 7 rings (SSSR count). The van der Waals surface area contributed by atoms with E-state index in [-0.39, 0.29) is 24.6 Å². The minimum atomic E-state index is -2.74. The molecule has 2 heterocycles. The molecule has 3 atom stereocenters. The van der Waals surface area contributed by atoms with Gasteiger partial charge < -0.3 is 27.8 Å². The highest BCUT2D eigenvalue weighted by Crippen LogP contribution is 2.63. The van der Waals surface area contributed by atoms with Crippen molar-refractivity contribution >= 4 is 36.2 Å². The quantitative estimate of drug-likeness (QED) is 0.0421. The van der Waals surface area contributed by atoms with Crippen molar-refractivity contribution in [3.8, 4) is 5.75 Å². The molecule has 314 valence electrons. The van der Waals surface area contributed by atoms with E-state index in [2.05, 4.69) is 69.3 Å². The fourth-order valence-electron chi connectivity index (χ4n) is 8.97. The van der Waals surface area contributed by atoms with Crippen LogP contribution in [0.2, 0.25) is 5.04 Å². The summed E-state index contributed by atoms with van der Waals surface area (Å²) in [6.07, 6.45) is 2.23. The zero-order valence-corrected chi connectivity index (χ0v) is 36.4. The van der Waals surface area contributed by atoms with E-state index in [4.69, 9.17) is 32.6 Å². The summed E-state index contributed by atoms with van der Waals surface area (Å²) in [6.45, 7) is 8.13. The number of methoxy groups -OCH3 is 3. The van der Waals surface area contributed by atoms with E-state index in [0.717, 1.165) is 16.9 Å². The summed E-state index contributed by atoms with van der Waals surface area (Å²) < 4.78 is 36.4. The van der Waals surface area contributed by atoms with Gasteiger partial charge in [0.05, 0.1) is 34.5 Å². The first-order valence-corrected chi connectivity index (χ1v) is 22.4. The molecule has 1 aromatic heterocycles. The molecule has 1 aliphatic heterocycles. The predicted molar refractivity (Wildman–Crippen MR) is 232 cm³/mol. The fourth-order valence-corrected chi connectivity index (χ4v) is 13.6. The van der Waals surface area contributed by atoms with Gasteiger partial charge in [0.1, 0.15) is 34.8 Å². The monoisotopic (exact) mass is 829 g/mol. The van der Waals surface area contributed by atoms with Gasteiger partial charge in [0.15, 0.2) is 0 Å². The van der Waals surface area contributed by atoms with E-state index in [1.165, 1.54) is 30.7 Å². The summed E-state index contributed by atoms with van der Waals surface area (Å²) in [4.78, 5) is 34.4. The van der Waals surface area contributed by atoms with Crippen LogP contribution in [0.25, 0.3) is 5.57 Å². The zero-order chi connectivity index (χ0) is 42.3. The second-order valence-corrected chi connectivity index (χ2v) is 20.7. The molecule has 0 amide bonds. The normalized spacial score (nSPS) is 19.7. The van der Waals surface area contributed by atoms with Crippen molar-refractivity contribution < 1.29 is 42.2 Å². The van der Waals surface area contributed by atoms with Gasteiger partial charge in [0.25, 0.3) is 8.32 Å². The Kier molecular flexibility index (Phi) is 13.2. The predicted octanol–water partition coefficient (Wildman–Crippen LogP) is 7.99. The maximum Gasteiger partial charge on any atom is 0.330 e. The van der Waals surface area contributed by atoms with Gasteiger partial charge in [-0.25, -0.2) is 4.79 Å². The van der Waals surface area contributed by atoms with Crippen molar-refractivity contribution in [3.63, 3.8) is 0 Å². The number of ether oxygens (including phenoxy) is 4. The number of hydrogen-bond donors (Lipinski definition) is 0. The average Bonchev–Trinajstić information content (AvgIpc) is 3.79. The van der Waals surface area contributed by atoms with Crippen LogP contribution in [0.1, 0.15) is 67.9 Å². The second kappa shape index (κ2) is 18.5. The zero-order valence-electron chi connectivity index (χ0n) is 35.4. The van der Waals surface area contributed by atoms with Gasteiger partial charge >= 0.3 is 11.9 Å². The van der Waals surface area contributed by atoms with Crippen LogP contribution < -0.4 is 15.1 Å². The summed E-state index contributed by atoms with van der Waals surface area (Å²) >= 11 is 0. The van der Waals surface area contributed by atoms with E-state index in [1.54, 1.807) is 12.2 Å². The lowest BCUT2D eigenvalue weighted by atomic mass is 9.71. The molecular formula is C49H55NO9Si. The molecule has 11 heteroatoms. The number of rotatable bonds is 16. The number of hydroxylamine groups is 2. The third-order valence-corrected chi connectivity index (χ3v) is 16.7. The highest BCUT2D eigenvalue weighted by Gasteiger charge is 2.64. The van der Waals surface area contributed by atoms with Crippen molar-refractivity contribution in [3.05, 3.63) is 156 Å². The van der Waals surface area contributed by atoms with E-state index >= 15 is 0 Å². The number of carbonyl (C=O) groups is 2. The Bertz CT molecular complexity index is 2200. The summed E-state index contributed by atoms with van der Waals surface area (Å²) in [6, 6.07) is 39.9. The average molecular weight is 830 g/mol. The summed E-state index contributed by atoms with van der Waals surface area (Å²) in [5.41, 5.74) is 1.66. The van der Waals surface area contributed by atoms with Gasteiger partial charge in [0.2, 0.25) is 0 Å². The Morgan fingerprint density at radius 1 is 0.833 bits per heavy atom. The molecular weight excluding hydrogens is 775 g/mol. The van der Waals surface area contributed by atoms with E-state index in [0.29, 0.717) is 48.7 Å². The Labute approximate surface area is 354 Å². The Hall–Kier alpha value is -5.30. The summed E-state index contributed by atoms with van der Waals surface area (Å²) in [5, 5.41) is 4.06. The molecule has 0 radical (unpaired) electrons. The molecule has 1 saturated heterocycles. The number of benzene rings is 4. The van der Waals surface area contributed by atoms with Crippen LogP contribution in [-0.2, 0) is 52.6 Å². The molecule has 4 aromatic carbocycles. The minimum absolute atomic E-state index is 0.162. The highest BCUT2D eigenvalue weighted by molar-refractivity contribution is 6.99. The molecule has 0 saturated carbocycles. The number of fused-ring (bicyclic) bond motifs is 3. The third-order valence-electron chi connectivity index (χ3n) is 11.6. The van der Waals surface area contributed by atoms with Crippen molar-refractivity contribution in [2.24, 2.45) is 5.41 Å². The van der Waals surface area contributed by atoms with Gasteiger partial charge in [-0.05, 0) is 56.7 Å². The van der Waals surface area contributed by atoms with Crippen LogP contribution in [-0.4, -0.2) is 66.0 Å². The molecule has 1 aliphatic carbocycles. The van der Waals surface area contributed by atoms with Gasteiger partial charge in [0, 0.05) is 37.6 Å². The molecule has 10 nitrogen and oxygen atoms in total. The lowest BCUT2D eigenvalue weighted by Crippen LogP contribution is -2.66. The number of nitrogens with zero attached hydrogens (tertiary/aromatic N) is 1. The Morgan fingerprint density at radius 2 is 1.47 bits per heavy atom. The van der Waals surface area contributed by atoms with E-state index in [9.17, 15) is 9.59 Å². The standard InChI is InChI=1S/C49H55NO9Si/c1-48(2,3)60(40-20-12-8-13-21-40,41-22-14-9-15-23-41)57-28-16-19-38-29-42-43(30-44(51)54-5)49(47(52)55-6)31-39(34-56-33-36-17-10-7-11-18-36)59-50(46(49)45(42)58-38)32-35-24-26-37(53-4)27-25-35/h7-15,17-18,20-27,29-30,39,46H,16,19,28,31-34H2,1-6H3/b43-30-/t39-,46-,49-/m1/s1. The highest BCUT2D eigenvalue weighted by atomic mass is 28.4. The lowest BCUT2D eigenvalue weighted by molar-refractivity contribution is -0.292. The van der Waals surface area contributed by atoms with Crippen molar-refractivity contribution in [2.75, 3.05) is 34.5 Å². The SMILES string of the molecule is COC(=O)/C=C1/c2cc(CCCO[Si](c3ccccc3)(c3ccccc3)C(C)(C)C)oc2[C@H]2N(Cc3ccc(OC)cc3)O[C@@H](COCc3ccccc3)C[C@@]12C(=O)OC. The fraction of sp³-hybridized carbons (Fsp3) is 0.347. The molecule has 0 unspecified atom stereocenters. The van der Waals surface area contributed by atoms with Crippen LogP contribution in [0.5, 0.6) is 5.75 Å². The van der Waals surface area contributed by atoms with Crippen LogP contribution in [0.15, 0.2) is 132 Å². The molecule has 2 aliphatic rings. The molecule has 5 aromatic rings. The smallest absolute Gasteiger partial charge is 0.330 e. The van der Waals surface area contributed by atoms with Crippen molar-refractivity contribution in [1.29, 1.82) is 0 Å². The van der Waals surface area contributed by atoms with Crippen molar-refractivity contribution in [1.82, 2.24) is 5.06 Å². The summed E-state index contributed by atoms with van der Waals surface area (Å²) in [7, 11) is 1.57. The Balaban J connectivity index is 1.22. The van der Waals surface area contributed by atoms with Crippen LogP contribution in [0.4, 0.5) is 0 Å². The minimum Gasteiger partial charge on any atom is -0.497 e. The lowest BCUT2D eigenvalue weighted by Gasteiger charge is -2.46. The van der Waals surface area contributed by atoms with Gasteiger partial charge in [-0.15, -0.1) is 0 Å². The Morgan fingerprint density at radius 3 is 2.05 bits per heavy atom. The maximum absolute atomic E-state index is 14.4. The van der Waals surface area contributed by atoms with Crippen LogP contribution >= 0.6 is 0 Å². The van der Waals surface area contributed by atoms with Crippen LogP contribution in [0, 0.1) is 5.41 Å². The number of aryl methyl sites for hydroxylation is 1. The third kappa shape index (κ3) is 8.50. The van der Waals surface area contributed by atoms with Gasteiger partial charge in [-0.2, -0.15) is 5.06 Å².